The topological polar surface area (TPSA) is 52.0 Å². The number of hydrogen-bond donors (Lipinski definition) is 1. The summed E-state index contributed by atoms with van der Waals surface area (Å²) in [5.41, 5.74) is 3.47. The third-order valence-corrected chi connectivity index (χ3v) is 3.29. The van der Waals surface area contributed by atoms with Crippen LogP contribution in [0, 0.1) is 0 Å². The summed E-state index contributed by atoms with van der Waals surface area (Å²) in [5.74, 6) is 0.673. The van der Waals surface area contributed by atoms with Crippen molar-refractivity contribution < 1.29 is 4.74 Å². The zero-order valence-corrected chi connectivity index (χ0v) is 13.5. The Balaban J connectivity index is 2.04. The molecular weight excluding hydrogens is 264 g/mol. The number of methoxy groups -OCH3 is 1. The van der Waals surface area contributed by atoms with Crippen molar-refractivity contribution in [1.82, 2.24) is 20.1 Å². The molecule has 2 aromatic rings. The second-order valence-corrected chi connectivity index (χ2v) is 6.20. The van der Waals surface area contributed by atoms with Crippen LogP contribution < -0.4 is 10.1 Å². The first-order valence-corrected chi connectivity index (χ1v) is 7.13. The molecule has 21 heavy (non-hydrogen) atoms. The molecule has 2 heterocycles. The van der Waals surface area contributed by atoms with Crippen LogP contribution in [0.4, 0.5) is 0 Å². The summed E-state index contributed by atoms with van der Waals surface area (Å²) in [5, 5.41) is 8.03. The van der Waals surface area contributed by atoms with Gasteiger partial charge in [0, 0.05) is 49.1 Å². The van der Waals surface area contributed by atoms with Crippen molar-refractivity contribution in [3.63, 3.8) is 0 Å². The van der Waals surface area contributed by atoms with Gasteiger partial charge < -0.3 is 10.1 Å². The maximum atomic E-state index is 5.26. The lowest BCUT2D eigenvalue weighted by molar-refractivity contribution is 0.390. The minimum atomic E-state index is 0.0459. The van der Waals surface area contributed by atoms with E-state index < -0.39 is 0 Å². The van der Waals surface area contributed by atoms with Gasteiger partial charge in [-0.2, -0.15) is 5.10 Å². The summed E-state index contributed by atoms with van der Waals surface area (Å²) in [6.07, 6.45) is 3.81. The van der Waals surface area contributed by atoms with Crippen LogP contribution in [0.5, 0.6) is 5.88 Å². The highest BCUT2D eigenvalue weighted by atomic mass is 16.5. The summed E-state index contributed by atoms with van der Waals surface area (Å²) in [6, 6.07) is 3.94. The van der Waals surface area contributed by atoms with E-state index in [4.69, 9.17) is 4.74 Å². The van der Waals surface area contributed by atoms with Gasteiger partial charge in [-0.3, -0.25) is 4.68 Å². The Hall–Kier alpha value is -1.88. The number of hydrogen-bond acceptors (Lipinski definition) is 4. The van der Waals surface area contributed by atoms with Gasteiger partial charge in [-0.1, -0.05) is 26.8 Å². The van der Waals surface area contributed by atoms with Crippen molar-refractivity contribution in [1.29, 1.82) is 0 Å². The molecule has 0 saturated heterocycles. The van der Waals surface area contributed by atoms with Crippen LogP contribution in [0.15, 0.2) is 24.5 Å². The van der Waals surface area contributed by atoms with E-state index in [9.17, 15) is 0 Å². The molecule has 0 radical (unpaired) electrons. The fourth-order valence-corrected chi connectivity index (χ4v) is 2.37. The fraction of sp³-hybridized carbons (Fsp3) is 0.500. The molecule has 5 nitrogen and oxygen atoms in total. The van der Waals surface area contributed by atoms with Crippen LogP contribution in [-0.4, -0.2) is 21.9 Å². The quantitative estimate of drug-likeness (QED) is 0.918. The number of rotatable bonds is 5. The van der Waals surface area contributed by atoms with Crippen molar-refractivity contribution in [2.24, 2.45) is 7.05 Å². The maximum Gasteiger partial charge on any atom is 0.217 e. The van der Waals surface area contributed by atoms with Gasteiger partial charge in [0.2, 0.25) is 5.88 Å². The van der Waals surface area contributed by atoms with Crippen LogP contribution in [0.3, 0.4) is 0 Å². The van der Waals surface area contributed by atoms with Crippen molar-refractivity contribution in [2.45, 2.75) is 39.3 Å². The maximum absolute atomic E-state index is 5.26. The lowest BCUT2D eigenvalue weighted by Crippen LogP contribution is -2.19. The van der Waals surface area contributed by atoms with Crippen LogP contribution in [0.2, 0.25) is 0 Å². The largest absolute Gasteiger partial charge is 0.481 e. The zero-order chi connectivity index (χ0) is 15.5. The molecule has 5 heteroatoms. The van der Waals surface area contributed by atoms with Crippen LogP contribution in [0.25, 0.3) is 0 Å². The molecule has 114 valence electrons. The Labute approximate surface area is 126 Å². The van der Waals surface area contributed by atoms with E-state index in [2.05, 4.69) is 42.4 Å². The summed E-state index contributed by atoms with van der Waals surface area (Å²) < 4.78 is 7.14. The first-order valence-electron chi connectivity index (χ1n) is 7.13. The average Bonchev–Trinajstić information content (AvgIpc) is 2.80. The highest BCUT2D eigenvalue weighted by Gasteiger charge is 2.21. The second-order valence-electron chi connectivity index (χ2n) is 6.20. The molecule has 0 amide bonds. The van der Waals surface area contributed by atoms with E-state index in [1.165, 1.54) is 5.56 Å². The Kier molecular flexibility index (Phi) is 4.63. The third kappa shape index (κ3) is 3.82. The van der Waals surface area contributed by atoms with E-state index in [1.54, 1.807) is 13.3 Å². The van der Waals surface area contributed by atoms with E-state index >= 15 is 0 Å². The molecule has 0 aliphatic heterocycles. The molecule has 0 aliphatic rings. The van der Waals surface area contributed by atoms with Gasteiger partial charge in [0.1, 0.15) is 0 Å². The van der Waals surface area contributed by atoms with E-state index in [0.717, 1.165) is 24.3 Å². The number of nitrogens with zero attached hydrogens (tertiary/aromatic N) is 3. The van der Waals surface area contributed by atoms with Crippen molar-refractivity contribution in [3.8, 4) is 5.88 Å². The minimum Gasteiger partial charge on any atom is -0.481 e. The number of aryl methyl sites for hydroxylation is 1. The summed E-state index contributed by atoms with van der Waals surface area (Å²) >= 11 is 0. The molecule has 0 aromatic carbocycles. The summed E-state index contributed by atoms with van der Waals surface area (Å²) in [4.78, 5) is 4.21. The molecule has 0 aliphatic carbocycles. The highest BCUT2D eigenvalue weighted by molar-refractivity contribution is 5.26. The molecule has 2 aromatic heterocycles. The standard InChI is InChI=1S/C16H24N4O/c1-16(2,3)14-13(11-20(4)19-14)10-17-9-12-7-6-8-18-15(12)21-5/h6-8,11,17H,9-10H2,1-5H3. The van der Waals surface area contributed by atoms with Crippen molar-refractivity contribution >= 4 is 0 Å². The predicted molar refractivity (Wildman–Crippen MR) is 83.2 cm³/mol. The molecule has 2 rings (SSSR count). The van der Waals surface area contributed by atoms with Crippen LogP contribution in [-0.2, 0) is 25.6 Å². The SMILES string of the molecule is COc1ncccc1CNCc1cn(C)nc1C(C)(C)C. The van der Waals surface area contributed by atoms with E-state index in [0.29, 0.717) is 5.88 Å². The van der Waals surface area contributed by atoms with E-state index in [1.807, 2.05) is 23.9 Å². The Bertz CT molecular complexity index is 599. The smallest absolute Gasteiger partial charge is 0.217 e. The molecule has 0 saturated carbocycles. The van der Waals surface area contributed by atoms with Gasteiger partial charge in [0.05, 0.1) is 12.8 Å². The van der Waals surface area contributed by atoms with Crippen molar-refractivity contribution in [2.75, 3.05) is 7.11 Å². The zero-order valence-electron chi connectivity index (χ0n) is 13.5. The lowest BCUT2D eigenvalue weighted by Gasteiger charge is -2.17. The fourth-order valence-electron chi connectivity index (χ4n) is 2.37. The number of aromatic nitrogens is 3. The molecule has 0 unspecified atom stereocenters. The average molecular weight is 288 g/mol. The third-order valence-electron chi connectivity index (χ3n) is 3.29. The molecule has 0 atom stereocenters. The van der Waals surface area contributed by atoms with Crippen LogP contribution >= 0.6 is 0 Å². The number of pyridine rings is 1. The molecule has 1 N–H and O–H groups in total. The van der Waals surface area contributed by atoms with Gasteiger partial charge in [-0.15, -0.1) is 0 Å². The lowest BCUT2D eigenvalue weighted by atomic mass is 9.89. The molecular formula is C16H24N4O. The van der Waals surface area contributed by atoms with Gasteiger partial charge in [0.15, 0.2) is 0 Å². The Morgan fingerprint density at radius 1 is 1.24 bits per heavy atom. The molecule has 0 bridgehead atoms. The van der Waals surface area contributed by atoms with Gasteiger partial charge >= 0.3 is 0 Å². The second kappa shape index (κ2) is 6.26. The van der Waals surface area contributed by atoms with Gasteiger partial charge in [-0.05, 0) is 6.07 Å². The number of ether oxygens (including phenoxy) is 1. The summed E-state index contributed by atoms with van der Waals surface area (Å²) in [6.45, 7) is 8.04. The summed E-state index contributed by atoms with van der Waals surface area (Å²) in [7, 11) is 3.60. The van der Waals surface area contributed by atoms with Gasteiger partial charge in [0.25, 0.3) is 0 Å². The number of nitrogens with one attached hydrogen (secondary N) is 1. The Morgan fingerprint density at radius 2 is 1.95 bits per heavy atom. The van der Waals surface area contributed by atoms with Crippen LogP contribution in [0.1, 0.15) is 37.6 Å². The highest BCUT2D eigenvalue weighted by Crippen LogP contribution is 2.24. The van der Waals surface area contributed by atoms with Gasteiger partial charge in [-0.25, -0.2) is 4.98 Å². The first-order chi connectivity index (χ1) is 9.91. The predicted octanol–water partition coefficient (Wildman–Crippen LogP) is 2.41. The van der Waals surface area contributed by atoms with E-state index in [-0.39, 0.29) is 5.41 Å². The molecule has 0 spiro atoms. The normalized spacial score (nSPS) is 11.7. The Morgan fingerprint density at radius 3 is 2.62 bits per heavy atom. The monoisotopic (exact) mass is 288 g/mol. The van der Waals surface area contributed by atoms with Crippen molar-refractivity contribution in [3.05, 3.63) is 41.3 Å². The molecule has 0 fully saturated rings. The minimum absolute atomic E-state index is 0.0459. The first kappa shape index (κ1) is 15.5.